The molecule has 0 aromatic heterocycles. The zero-order valence-electron chi connectivity index (χ0n) is 12.2. The summed E-state index contributed by atoms with van der Waals surface area (Å²) in [5.41, 5.74) is -0.199. The first-order valence-corrected chi connectivity index (χ1v) is 6.97. The van der Waals surface area contributed by atoms with E-state index in [0.717, 1.165) is 5.56 Å². The van der Waals surface area contributed by atoms with E-state index < -0.39 is 41.5 Å². The molecule has 3 unspecified atom stereocenters. The fourth-order valence-electron chi connectivity index (χ4n) is 2.90. The lowest BCUT2D eigenvalue weighted by atomic mass is 9.76. The Labute approximate surface area is 122 Å². The van der Waals surface area contributed by atoms with Gasteiger partial charge in [0.2, 0.25) is 0 Å². The second-order valence-electron chi connectivity index (χ2n) is 5.72. The Morgan fingerprint density at radius 1 is 1.19 bits per heavy atom. The number of aliphatic imine (C=N–C) groups is 1. The lowest BCUT2D eigenvalue weighted by molar-refractivity contribution is -0.125. The Morgan fingerprint density at radius 2 is 1.76 bits per heavy atom. The summed E-state index contributed by atoms with van der Waals surface area (Å²) in [5.74, 6) is -2.61. The van der Waals surface area contributed by atoms with Gasteiger partial charge in [-0.05, 0) is 12.5 Å². The summed E-state index contributed by atoms with van der Waals surface area (Å²) < 4.78 is 39.6. The number of rotatable bonds is 3. The molecule has 2 rings (SSSR count). The molecular formula is C16H18F3NO. The smallest absolute Gasteiger partial charge is 0.299 e. The monoisotopic (exact) mass is 297 g/mol. The molecule has 0 N–H and O–H groups in total. The highest BCUT2D eigenvalue weighted by Crippen LogP contribution is 2.42. The van der Waals surface area contributed by atoms with E-state index in [0.29, 0.717) is 0 Å². The van der Waals surface area contributed by atoms with Gasteiger partial charge in [-0.15, -0.1) is 0 Å². The van der Waals surface area contributed by atoms with Gasteiger partial charge in [0, 0.05) is 11.8 Å². The molecule has 1 aromatic rings. The zero-order valence-corrected chi connectivity index (χ0v) is 12.2. The fourth-order valence-corrected chi connectivity index (χ4v) is 2.90. The predicted octanol–water partition coefficient (Wildman–Crippen LogP) is 4.02. The van der Waals surface area contributed by atoms with Crippen molar-refractivity contribution < 1.29 is 18.0 Å². The predicted molar refractivity (Wildman–Crippen MR) is 75.5 cm³/mol. The number of ketones is 1. The molecule has 0 radical (unpaired) electrons. The van der Waals surface area contributed by atoms with Gasteiger partial charge >= 0.3 is 6.18 Å². The van der Waals surface area contributed by atoms with Gasteiger partial charge in [0.25, 0.3) is 0 Å². The minimum atomic E-state index is -4.56. The second kappa shape index (κ2) is 5.62. The first kappa shape index (κ1) is 15.7. The van der Waals surface area contributed by atoms with E-state index in [1.54, 1.807) is 51.1 Å². The number of hydrogen-bond acceptors (Lipinski definition) is 2. The van der Waals surface area contributed by atoms with E-state index in [9.17, 15) is 18.0 Å². The molecule has 21 heavy (non-hydrogen) atoms. The van der Waals surface area contributed by atoms with E-state index in [2.05, 4.69) is 4.99 Å². The third kappa shape index (κ3) is 3.01. The van der Waals surface area contributed by atoms with Crippen molar-refractivity contribution >= 4 is 11.5 Å². The average Bonchev–Trinajstić information content (AvgIpc) is 2.76. The van der Waals surface area contributed by atoms with E-state index in [4.69, 9.17) is 0 Å². The molecule has 1 aliphatic heterocycles. The Kier molecular flexibility index (Phi) is 4.21. The molecule has 0 aliphatic carbocycles. The van der Waals surface area contributed by atoms with Crippen LogP contribution in [0.4, 0.5) is 13.2 Å². The summed E-state index contributed by atoms with van der Waals surface area (Å²) in [7, 11) is 0. The van der Waals surface area contributed by atoms with Crippen molar-refractivity contribution in [1.29, 1.82) is 0 Å². The summed E-state index contributed by atoms with van der Waals surface area (Å²) >= 11 is 0. The molecule has 1 aliphatic rings. The Bertz CT molecular complexity index is 548. The number of hydrogen-bond donors (Lipinski definition) is 0. The van der Waals surface area contributed by atoms with Crippen LogP contribution >= 0.6 is 0 Å². The maximum atomic E-state index is 13.2. The maximum absolute atomic E-state index is 13.2. The van der Waals surface area contributed by atoms with Crippen molar-refractivity contribution in [3.05, 3.63) is 35.9 Å². The van der Waals surface area contributed by atoms with Crippen molar-refractivity contribution in [3.8, 4) is 0 Å². The standard InChI is InChI=1S/C16H18F3NO/c1-9(2)14(21)13-12(11-7-5-4-6-8-11)10(3)20-15(13)16(17,18)19/h4-10,12-13H,1-3H3. The molecular weight excluding hydrogens is 279 g/mol. The molecule has 0 bridgehead atoms. The van der Waals surface area contributed by atoms with E-state index in [-0.39, 0.29) is 0 Å². The Hall–Kier alpha value is -1.65. The number of nitrogens with zero attached hydrogens (tertiary/aromatic N) is 1. The summed E-state index contributed by atoms with van der Waals surface area (Å²) in [4.78, 5) is 16.1. The minimum Gasteiger partial charge on any atom is -0.299 e. The van der Waals surface area contributed by atoms with Crippen LogP contribution < -0.4 is 0 Å². The van der Waals surface area contributed by atoms with Crippen LogP contribution in [-0.4, -0.2) is 23.7 Å². The SMILES string of the molecule is CC(C)C(=O)C1C(C(F)(F)F)=NC(C)C1c1ccccc1. The van der Waals surface area contributed by atoms with Crippen LogP contribution in [0.25, 0.3) is 0 Å². The Morgan fingerprint density at radius 3 is 2.24 bits per heavy atom. The van der Waals surface area contributed by atoms with Crippen LogP contribution in [-0.2, 0) is 4.79 Å². The van der Waals surface area contributed by atoms with Crippen LogP contribution in [0.1, 0.15) is 32.3 Å². The molecule has 0 fully saturated rings. The fraction of sp³-hybridized carbons (Fsp3) is 0.500. The van der Waals surface area contributed by atoms with E-state index >= 15 is 0 Å². The number of benzene rings is 1. The highest BCUT2D eigenvalue weighted by molar-refractivity contribution is 6.10. The number of alkyl halides is 3. The summed E-state index contributed by atoms with van der Waals surface area (Å²) in [6.45, 7) is 4.89. The number of carbonyl (C=O) groups is 1. The second-order valence-corrected chi connectivity index (χ2v) is 5.72. The molecule has 114 valence electrons. The van der Waals surface area contributed by atoms with Gasteiger partial charge in [-0.3, -0.25) is 9.79 Å². The van der Waals surface area contributed by atoms with Gasteiger partial charge in [-0.1, -0.05) is 44.2 Å². The van der Waals surface area contributed by atoms with Gasteiger partial charge in [-0.25, -0.2) is 0 Å². The summed E-state index contributed by atoms with van der Waals surface area (Å²) in [6, 6.07) is 8.30. The van der Waals surface area contributed by atoms with Gasteiger partial charge in [-0.2, -0.15) is 13.2 Å². The topological polar surface area (TPSA) is 29.4 Å². The number of Topliss-reactive ketones (excluding diaryl/α,β-unsaturated/α-hetero) is 1. The van der Waals surface area contributed by atoms with Crippen LogP contribution in [0.15, 0.2) is 35.3 Å². The minimum absolute atomic E-state index is 0.399. The first-order valence-electron chi connectivity index (χ1n) is 6.97. The van der Waals surface area contributed by atoms with Crippen LogP contribution in [0.3, 0.4) is 0 Å². The molecule has 1 heterocycles. The first-order chi connectivity index (χ1) is 9.73. The molecule has 0 spiro atoms. The molecule has 0 amide bonds. The van der Waals surface area contributed by atoms with Crippen LogP contribution in [0.5, 0.6) is 0 Å². The van der Waals surface area contributed by atoms with E-state index in [1.807, 2.05) is 0 Å². The van der Waals surface area contributed by atoms with Gasteiger partial charge in [0.05, 0.1) is 12.0 Å². The lowest BCUT2D eigenvalue weighted by Gasteiger charge is -2.25. The van der Waals surface area contributed by atoms with Crippen LogP contribution in [0, 0.1) is 11.8 Å². The third-order valence-electron chi connectivity index (χ3n) is 3.87. The normalized spacial score (nSPS) is 26.0. The van der Waals surface area contributed by atoms with Crippen molar-refractivity contribution in [2.75, 3.05) is 0 Å². The highest BCUT2D eigenvalue weighted by atomic mass is 19.4. The maximum Gasteiger partial charge on any atom is 0.429 e. The van der Waals surface area contributed by atoms with Crippen molar-refractivity contribution in [2.24, 2.45) is 16.8 Å². The van der Waals surface area contributed by atoms with Crippen molar-refractivity contribution in [2.45, 2.75) is 38.9 Å². The molecule has 2 nitrogen and oxygen atoms in total. The zero-order chi connectivity index (χ0) is 15.8. The van der Waals surface area contributed by atoms with Crippen molar-refractivity contribution in [3.63, 3.8) is 0 Å². The van der Waals surface area contributed by atoms with E-state index in [1.165, 1.54) is 0 Å². The van der Waals surface area contributed by atoms with Gasteiger partial charge in [0.15, 0.2) is 0 Å². The van der Waals surface area contributed by atoms with Gasteiger partial charge < -0.3 is 0 Å². The van der Waals surface area contributed by atoms with Crippen LogP contribution in [0.2, 0.25) is 0 Å². The highest BCUT2D eigenvalue weighted by Gasteiger charge is 2.52. The lowest BCUT2D eigenvalue weighted by Crippen LogP contribution is -2.38. The molecule has 5 heteroatoms. The Balaban J connectivity index is 2.48. The molecule has 3 atom stereocenters. The number of carbonyl (C=O) groups excluding carboxylic acids is 1. The summed E-state index contributed by atoms with van der Waals surface area (Å²) in [5, 5.41) is 0. The van der Waals surface area contributed by atoms with Gasteiger partial charge in [0.1, 0.15) is 11.5 Å². The molecule has 0 saturated carbocycles. The largest absolute Gasteiger partial charge is 0.429 e. The average molecular weight is 297 g/mol. The van der Waals surface area contributed by atoms with Crippen molar-refractivity contribution in [1.82, 2.24) is 0 Å². The summed E-state index contributed by atoms with van der Waals surface area (Å²) in [6.07, 6.45) is -4.56. The number of halogens is 3. The quantitative estimate of drug-likeness (QED) is 0.828. The third-order valence-corrected chi connectivity index (χ3v) is 3.87. The molecule has 1 aromatic carbocycles. The molecule has 0 saturated heterocycles.